The highest BCUT2D eigenvalue weighted by Gasteiger charge is 2.32. The van der Waals surface area contributed by atoms with Crippen LogP contribution in [-0.4, -0.2) is 10.2 Å². The van der Waals surface area contributed by atoms with E-state index in [9.17, 15) is 0 Å². The lowest BCUT2D eigenvalue weighted by molar-refractivity contribution is 1.39. The first-order chi connectivity index (χ1) is 19.3. The summed E-state index contributed by atoms with van der Waals surface area (Å²) in [5.74, 6) is 0. The van der Waals surface area contributed by atoms with Gasteiger partial charge in [0.1, 0.15) is 0 Å². The lowest BCUT2D eigenvalue weighted by Gasteiger charge is -2.31. The Balaban J connectivity index is 2.02. The fourth-order valence-corrected chi connectivity index (χ4v) is 15.1. The van der Waals surface area contributed by atoms with Crippen LogP contribution in [0, 0.1) is 0 Å². The molecule has 6 rings (SSSR count). The van der Waals surface area contributed by atoms with Crippen LogP contribution in [-0.2, 0) is 0 Å². The van der Waals surface area contributed by atoms with Crippen molar-refractivity contribution in [3.8, 4) is 0 Å². The first kappa shape index (κ1) is 25.2. The van der Waals surface area contributed by atoms with Crippen LogP contribution in [0.25, 0.3) is 0 Å². The zero-order chi connectivity index (χ0) is 26.4. The van der Waals surface area contributed by atoms with Crippen molar-refractivity contribution >= 4 is 50.9 Å². The Morgan fingerprint density at radius 2 is 0.641 bits per heavy atom. The molecule has 0 saturated carbocycles. The fraction of sp³-hybridized carbons (Fsp3) is 0. The molecule has 6 aromatic rings. The largest absolute Gasteiger partial charge is 0.255 e. The van der Waals surface area contributed by atoms with Crippen LogP contribution in [0.15, 0.2) is 176 Å². The maximum absolute atomic E-state index is 5.07. The molecule has 0 radical (unpaired) electrons. The number of pyridine rings is 1. The van der Waals surface area contributed by atoms with Crippen LogP contribution in [0.4, 0.5) is 0 Å². The zero-order valence-electron chi connectivity index (χ0n) is 21.6. The van der Waals surface area contributed by atoms with Crippen LogP contribution >= 0.6 is 13.8 Å². The molecule has 0 atom stereocenters. The van der Waals surface area contributed by atoms with Gasteiger partial charge in [-0.3, -0.25) is 4.98 Å². The molecule has 0 aliphatic rings. The Morgan fingerprint density at radius 1 is 0.333 bits per heavy atom. The molecule has 0 fully saturated rings. The minimum Gasteiger partial charge on any atom is -0.255 e. The highest BCUT2D eigenvalue weighted by molar-refractivity contribution is 8.06. The topological polar surface area (TPSA) is 12.9 Å². The average molecular weight is 538 g/mol. The molecule has 1 aromatic heterocycles. The summed E-state index contributed by atoms with van der Waals surface area (Å²) in [6.45, 7) is -4.89. The second-order valence-electron chi connectivity index (χ2n) is 9.31. The molecule has 1 heterocycles. The van der Waals surface area contributed by atoms with E-state index in [-0.39, 0.29) is 0 Å². The predicted molar refractivity (Wildman–Crippen MR) is 173 cm³/mol. The number of benzene rings is 5. The Labute approximate surface area is 231 Å². The molecule has 5 aromatic carbocycles. The van der Waals surface area contributed by atoms with Gasteiger partial charge in [0.05, 0.1) is 5.44 Å². The van der Waals surface area contributed by atoms with Gasteiger partial charge >= 0.3 is 0 Å². The standard InChI is InChI=1S/C36H29NP2/c1-6-18-31(19-7-1)38(32-20-8-2-9-21-32,33-22-10-3-11-23-33)30-39(34-24-12-4-13-25-34,35-26-14-5-15-27-35)36-28-16-17-29-37-36/h1-29H. The van der Waals surface area contributed by atoms with E-state index in [4.69, 9.17) is 4.98 Å². The Kier molecular flexibility index (Phi) is 7.31. The Hall–Kier alpha value is -4.11. The molecule has 0 bridgehead atoms. The van der Waals surface area contributed by atoms with Crippen molar-refractivity contribution in [1.82, 2.24) is 4.98 Å². The first-order valence-electron chi connectivity index (χ1n) is 13.1. The maximum Gasteiger partial charge on any atom is 0.0785 e. The minimum atomic E-state index is -2.48. The van der Waals surface area contributed by atoms with Gasteiger partial charge in [-0.05, 0) is 38.7 Å². The van der Waals surface area contributed by atoms with Gasteiger partial charge < -0.3 is 0 Å². The molecule has 1 nitrogen and oxygen atoms in total. The van der Waals surface area contributed by atoms with Crippen molar-refractivity contribution in [2.75, 3.05) is 0 Å². The summed E-state index contributed by atoms with van der Waals surface area (Å²) in [6, 6.07) is 61.0. The van der Waals surface area contributed by atoms with E-state index in [1.54, 1.807) is 0 Å². The van der Waals surface area contributed by atoms with E-state index in [1.807, 2.05) is 12.3 Å². The molecule has 0 N–H and O–H groups in total. The molecule has 188 valence electrons. The summed E-state index contributed by atoms with van der Waals surface area (Å²) < 4.78 is 0. The molecule has 0 saturated heterocycles. The van der Waals surface area contributed by atoms with E-state index < -0.39 is 13.8 Å². The molecular formula is C36H29NP2. The van der Waals surface area contributed by atoms with E-state index in [0.29, 0.717) is 0 Å². The molecule has 0 aliphatic heterocycles. The van der Waals surface area contributed by atoms with Crippen molar-refractivity contribution in [3.05, 3.63) is 176 Å². The van der Waals surface area contributed by atoms with Gasteiger partial charge in [-0.1, -0.05) is 158 Å². The summed E-state index contributed by atoms with van der Waals surface area (Å²) in [4.78, 5) is 5.07. The molecule has 0 spiro atoms. The summed E-state index contributed by atoms with van der Waals surface area (Å²) in [7, 11) is 0. The monoisotopic (exact) mass is 537 g/mol. The summed E-state index contributed by atoms with van der Waals surface area (Å²) in [6.07, 6.45) is 1.92. The van der Waals surface area contributed by atoms with Gasteiger partial charge in [-0.25, -0.2) is 0 Å². The van der Waals surface area contributed by atoms with Crippen molar-refractivity contribution in [1.29, 1.82) is 0 Å². The van der Waals surface area contributed by atoms with Gasteiger partial charge in [0.25, 0.3) is 0 Å². The van der Waals surface area contributed by atoms with Crippen LogP contribution in [0.2, 0.25) is 0 Å². The second kappa shape index (κ2) is 11.3. The number of rotatable bonds is 6. The Bertz CT molecular complexity index is 1420. The predicted octanol–water partition coefficient (Wildman–Crippen LogP) is 6.01. The smallest absolute Gasteiger partial charge is 0.0785 e. The number of nitrogens with zero attached hydrogens (tertiary/aromatic N) is 1. The second-order valence-corrected chi connectivity index (χ2v) is 15.8. The van der Waals surface area contributed by atoms with E-state index in [0.717, 1.165) is 5.44 Å². The van der Waals surface area contributed by atoms with Gasteiger partial charge in [0.15, 0.2) is 0 Å². The highest BCUT2D eigenvalue weighted by atomic mass is 31.2. The third kappa shape index (κ3) is 4.67. The summed E-state index contributed by atoms with van der Waals surface area (Å²) >= 11 is 0. The number of aromatic nitrogens is 1. The maximum atomic E-state index is 5.07. The molecule has 0 unspecified atom stereocenters. The van der Waals surface area contributed by atoms with Crippen LogP contribution in [0.1, 0.15) is 0 Å². The van der Waals surface area contributed by atoms with Gasteiger partial charge in [-0.15, -0.1) is 5.17 Å². The number of hydrogen-bond acceptors (Lipinski definition) is 1. The third-order valence-corrected chi connectivity index (χ3v) is 15.7. The lowest BCUT2D eigenvalue weighted by Crippen LogP contribution is -2.31. The van der Waals surface area contributed by atoms with Crippen molar-refractivity contribution < 1.29 is 0 Å². The van der Waals surface area contributed by atoms with Gasteiger partial charge in [0, 0.05) is 20.0 Å². The number of hydrogen-bond donors (Lipinski definition) is 0. The average Bonchev–Trinajstić information content (AvgIpc) is 3.04. The van der Waals surface area contributed by atoms with Crippen LogP contribution in [0.3, 0.4) is 0 Å². The molecular weight excluding hydrogens is 508 g/mol. The van der Waals surface area contributed by atoms with Crippen LogP contribution in [0.5, 0.6) is 0 Å². The summed E-state index contributed by atoms with van der Waals surface area (Å²) in [5, 5.41) is 10.9. The van der Waals surface area contributed by atoms with E-state index in [1.165, 1.54) is 26.5 Å². The molecule has 0 amide bonds. The quantitative estimate of drug-likeness (QED) is 0.237. The van der Waals surface area contributed by atoms with Gasteiger partial charge in [-0.2, -0.15) is 0 Å². The third-order valence-electron chi connectivity index (χ3n) is 7.01. The highest BCUT2D eigenvalue weighted by Crippen LogP contribution is 2.51. The SMILES string of the molecule is C(=P(c1ccccc1)(c1ccccc1)c1ccccc1)=P(c1ccccc1)(c1ccccc1)c1ccccn1. The molecule has 3 heteroatoms. The first-order valence-corrected chi connectivity index (χ1v) is 16.7. The fourth-order valence-electron chi connectivity index (χ4n) is 5.24. The van der Waals surface area contributed by atoms with E-state index in [2.05, 4.69) is 169 Å². The zero-order valence-corrected chi connectivity index (χ0v) is 23.4. The molecule has 39 heavy (non-hydrogen) atoms. The Morgan fingerprint density at radius 3 is 0.949 bits per heavy atom. The van der Waals surface area contributed by atoms with E-state index >= 15 is 0 Å². The van der Waals surface area contributed by atoms with Crippen molar-refractivity contribution in [2.24, 2.45) is 0 Å². The van der Waals surface area contributed by atoms with Crippen molar-refractivity contribution in [3.63, 3.8) is 0 Å². The lowest BCUT2D eigenvalue weighted by atomic mass is 10.4. The normalized spacial score (nSPS) is 11.5. The van der Waals surface area contributed by atoms with Crippen molar-refractivity contribution in [2.45, 2.75) is 0 Å². The van der Waals surface area contributed by atoms with Crippen LogP contribution < -0.4 is 32.0 Å². The van der Waals surface area contributed by atoms with Gasteiger partial charge in [0.2, 0.25) is 0 Å². The molecule has 0 aliphatic carbocycles. The summed E-state index contributed by atoms with van der Waals surface area (Å²) in [5.41, 5.74) is 1.06. The minimum absolute atomic E-state index is 1.06.